The summed E-state index contributed by atoms with van der Waals surface area (Å²) >= 11 is 0. The number of nitrogens with two attached hydrogens (primary N) is 1. The number of nitrogen functional groups attached to an aromatic ring is 1. The second kappa shape index (κ2) is 5.35. The molecular formula is C10H9F2N5O2S. The molecule has 1 aromatic heterocycles. The summed E-state index contributed by atoms with van der Waals surface area (Å²) in [5.41, 5.74) is 2.02. The summed E-state index contributed by atoms with van der Waals surface area (Å²) in [5.74, 6) is 2.85. The van der Waals surface area contributed by atoms with Crippen LogP contribution in [0.1, 0.15) is 0 Å². The zero-order chi connectivity index (χ0) is 14.8. The van der Waals surface area contributed by atoms with Gasteiger partial charge in [-0.1, -0.05) is 0 Å². The van der Waals surface area contributed by atoms with Crippen LogP contribution in [0.2, 0.25) is 0 Å². The molecule has 0 saturated carbocycles. The molecule has 0 saturated heterocycles. The highest BCUT2D eigenvalue weighted by Crippen LogP contribution is 2.17. The van der Waals surface area contributed by atoms with Crippen molar-refractivity contribution in [3.63, 3.8) is 0 Å². The van der Waals surface area contributed by atoms with E-state index < -0.39 is 21.7 Å². The summed E-state index contributed by atoms with van der Waals surface area (Å²) in [4.78, 5) is 7.02. The second-order valence-corrected chi connectivity index (χ2v) is 5.30. The molecule has 0 aliphatic carbocycles. The van der Waals surface area contributed by atoms with Crippen molar-refractivity contribution in [2.75, 3.05) is 10.1 Å². The summed E-state index contributed by atoms with van der Waals surface area (Å²) in [6, 6.07) is 2.63. The first-order chi connectivity index (χ1) is 9.42. The molecule has 1 aromatic carbocycles. The van der Waals surface area contributed by atoms with Crippen LogP contribution in [0.5, 0.6) is 0 Å². The number of nitrogens with zero attached hydrogens (tertiary/aromatic N) is 2. The van der Waals surface area contributed by atoms with Crippen LogP contribution < -0.4 is 16.0 Å². The predicted octanol–water partition coefficient (Wildman–Crippen LogP) is 0.841. The number of hydrogen-bond donors (Lipinski definition) is 3. The van der Waals surface area contributed by atoms with E-state index in [4.69, 9.17) is 5.84 Å². The van der Waals surface area contributed by atoms with Gasteiger partial charge in [0.05, 0.1) is 18.1 Å². The highest BCUT2D eigenvalue weighted by Gasteiger charge is 2.16. The second-order valence-electron chi connectivity index (χ2n) is 3.62. The van der Waals surface area contributed by atoms with Gasteiger partial charge in [0.2, 0.25) is 5.95 Å². The van der Waals surface area contributed by atoms with Gasteiger partial charge < -0.3 is 0 Å². The molecule has 0 unspecified atom stereocenters. The Labute approximate surface area is 112 Å². The smallest absolute Gasteiger partial charge is 0.264 e. The summed E-state index contributed by atoms with van der Waals surface area (Å²) in [6.45, 7) is 0. The van der Waals surface area contributed by atoms with Gasteiger partial charge >= 0.3 is 0 Å². The number of hydrogen-bond acceptors (Lipinski definition) is 6. The summed E-state index contributed by atoms with van der Waals surface area (Å²) in [5, 5.41) is 0. The van der Waals surface area contributed by atoms with E-state index in [9.17, 15) is 17.2 Å². The number of anilines is 2. The fraction of sp³-hybridized carbons (Fsp3) is 0. The highest BCUT2D eigenvalue weighted by atomic mass is 32.2. The van der Waals surface area contributed by atoms with Crippen LogP contribution >= 0.6 is 0 Å². The van der Waals surface area contributed by atoms with Crippen LogP contribution in [0.4, 0.5) is 20.4 Å². The van der Waals surface area contributed by atoms with E-state index in [0.717, 1.165) is 30.6 Å². The van der Waals surface area contributed by atoms with Crippen molar-refractivity contribution in [2.45, 2.75) is 4.90 Å². The molecule has 0 fully saturated rings. The first kappa shape index (κ1) is 14.1. The standard InChI is InChI=1S/C10H9F2N5O2S/c11-8-2-1-6(3-9(8)12)17-20(18,19)7-4-14-10(16-13)15-5-7/h1-5,17H,13H2,(H,14,15,16). The quantitative estimate of drug-likeness (QED) is 0.570. The molecule has 2 aromatic rings. The zero-order valence-corrected chi connectivity index (χ0v) is 10.7. The fourth-order valence-corrected chi connectivity index (χ4v) is 2.24. The molecule has 2 rings (SSSR count). The fourth-order valence-electron chi connectivity index (χ4n) is 1.30. The lowest BCUT2D eigenvalue weighted by molar-refractivity contribution is 0.509. The van der Waals surface area contributed by atoms with E-state index in [2.05, 4.69) is 20.1 Å². The van der Waals surface area contributed by atoms with Crippen molar-refractivity contribution in [1.82, 2.24) is 9.97 Å². The molecule has 0 aliphatic heterocycles. The van der Waals surface area contributed by atoms with Gasteiger partial charge in [-0.05, 0) is 12.1 Å². The normalized spacial score (nSPS) is 11.2. The van der Waals surface area contributed by atoms with E-state index in [1.807, 2.05) is 0 Å². The number of hydrazine groups is 1. The number of aromatic nitrogens is 2. The van der Waals surface area contributed by atoms with E-state index in [1.54, 1.807) is 0 Å². The van der Waals surface area contributed by atoms with Gasteiger partial charge in [-0.2, -0.15) is 0 Å². The molecule has 7 nitrogen and oxygen atoms in total. The number of nitrogens with one attached hydrogen (secondary N) is 2. The molecule has 0 atom stereocenters. The monoisotopic (exact) mass is 301 g/mol. The molecule has 0 spiro atoms. The Kier molecular flexibility index (Phi) is 3.77. The zero-order valence-electron chi connectivity index (χ0n) is 9.84. The van der Waals surface area contributed by atoms with Crippen LogP contribution in [0.25, 0.3) is 0 Å². The summed E-state index contributed by atoms with van der Waals surface area (Å²) in [6.07, 6.45) is 2.04. The van der Waals surface area contributed by atoms with Gasteiger partial charge in [0, 0.05) is 6.07 Å². The average molecular weight is 301 g/mol. The summed E-state index contributed by atoms with van der Waals surface area (Å²) in [7, 11) is -4.00. The van der Waals surface area contributed by atoms with Crippen LogP contribution in [0.15, 0.2) is 35.5 Å². The number of rotatable bonds is 4. The third-order valence-electron chi connectivity index (χ3n) is 2.24. The number of benzene rings is 1. The molecule has 0 radical (unpaired) electrons. The minimum atomic E-state index is -4.00. The maximum absolute atomic E-state index is 13.0. The van der Waals surface area contributed by atoms with Gasteiger partial charge in [0.15, 0.2) is 11.6 Å². The van der Waals surface area contributed by atoms with Gasteiger partial charge in [-0.15, -0.1) is 0 Å². The Hall–Kier alpha value is -2.33. The van der Waals surface area contributed by atoms with Crippen LogP contribution in [-0.4, -0.2) is 18.4 Å². The lowest BCUT2D eigenvalue weighted by atomic mass is 10.3. The molecule has 0 aliphatic rings. The predicted molar refractivity (Wildman–Crippen MR) is 67.0 cm³/mol. The Balaban J connectivity index is 2.27. The minimum absolute atomic E-state index is 0.0387. The van der Waals surface area contributed by atoms with E-state index in [1.165, 1.54) is 0 Å². The molecule has 10 heteroatoms. The van der Waals surface area contributed by atoms with Crippen LogP contribution in [-0.2, 0) is 10.0 Å². The number of sulfonamides is 1. The minimum Gasteiger partial charge on any atom is -0.292 e. The van der Waals surface area contributed by atoms with Crippen molar-refractivity contribution < 1.29 is 17.2 Å². The Bertz CT molecular complexity index is 721. The molecule has 20 heavy (non-hydrogen) atoms. The van der Waals surface area contributed by atoms with Crippen molar-refractivity contribution >= 4 is 21.7 Å². The van der Waals surface area contributed by atoms with Crippen molar-refractivity contribution in [1.29, 1.82) is 0 Å². The van der Waals surface area contributed by atoms with Crippen molar-refractivity contribution in [3.05, 3.63) is 42.2 Å². The van der Waals surface area contributed by atoms with Crippen LogP contribution in [0.3, 0.4) is 0 Å². The van der Waals surface area contributed by atoms with Crippen molar-refractivity contribution in [2.24, 2.45) is 5.84 Å². The number of halogens is 2. The van der Waals surface area contributed by atoms with Gasteiger partial charge in [-0.3, -0.25) is 10.1 Å². The van der Waals surface area contributed by atoms with E-state index in [-0.39, 0.29) is 16.5 Å². The van der Waals surface area contributed by atoms with Crippen molar-refractivity contribution in [3.8, 4) is 0 Å². The Morgan fingerprint density at radius 3 is 2.30 bits per heavy atom. The Morgan fingerprint density at radius 2 is 1.75 bits per heavy atom. The molecule has 106 valence electrons. The largest absolute Gasteiger partial charge is 0.292 e. The average Bonchev–Trinajstić information content (AvgIpc) is 2.43. The third-order valence-corrected chi connectivity index (χ3v) is 3.58. The lowest BCUT2D eigenvalue weighted by Crippen LogP contribution is -2.15. The molecule has 1 heterocycles. The first-order valence-electron chi connectivity index (χ1n) is 5.19. The Morgan fingerprint density at radius 1 is 1.10 bits per heavy atom. The lowest BCUT2D eigenvalue weighted by Gasteiger charge is -2.08. The van der Waals surface area contributed by atoms with Crippen LogP contribution in [0, 0.1) is 11.6 Å². The molecule has 4 N–H and O–H groups in total. The maximum atomic E-state index is 13.0. The molecule has 0 bridgehead atoms. The van der Waals surface area contributed by atoms with E-state index >= 15 is 0 Å². The first-order valence-corrected chi connectivity index (χ1v) is 6.67. The van der Waals surface area contributed by atoms with Gasteiger partial charge in [0.25, 0.3) is 10.0 Å². The molecular weight excluding hydrogens is 292 g/mol. The van der Waals surface area contributed by atoms with Gasteiger partial charge in [0.1, 0.15) is 4.90 Å². The topological polar surface area (TPSA) is 110 Å². The molecule has 0 amide bonds. The maximum Gasteiger partial charge on any atom is 0.264 e. The van der Waals surface area contributed by atoms with Gasteiger partial charge in [-0.25, -0.2) is 33.0 Å². The summed E-state index contributed by atoms with van der Waals surface area (Å²) < 4.78 is 51.7. The highest BCUT2D eigenvalue weighted by molar-refractivity contribution is 7.92. The third kappa shape index (κ3) is 2.97. The van der Waals surface area contributed by atoms with E-state index in [0.29, 0.717) is 0 Å². The SMILES string of the molecule is NNc1ncc(S(=O)(=O)Nc2ccc(F)c(F)c2)cn1.